The number of anilines is 3. The molecule has 0 saturated carbocycles. The number of nitrogens with zero attached hydrogens (tertiary/aromatic N) is 5. The van der Waals surface area contributed by atoms with Gasteiger partial charge >= 0.3 is 6.18 Å². The third-order valence-corrected chi connectivity index (χ3v) is 6.61. The van der Waals surface area contributed by atoms with E-state index in [0.29, 0.717) is 22.9 Å². The Morgan fingerprint density at radius 1 is 1.08 bits per heavy atom. The van der Waals surface area contributed by atoms with Crippen molar-refractivity contribution in [1.29, 1.82) is 0 Å². The molecule has 0 radical (unpaired) electrons. The summed E-state index contributed by atoms with van der Waals surface area (Å²) in [6.07, 6.45) is -2.68. The van der Waals surface area contributed by atoms with Crippen LogP contribution >= 0.6 is 0 Å². The van der Waals surface area contributed by atoms with Crippen LogP contribution in [0.25, 0.3) is 16.9 Å². The van der Waals surface area contributed by atoms with Crippen molar-refractivity contribution in [3.05, 3.63) is 90.1 Å². The van der Waals surface area contributed by atoms with Gasteiger partial charge in [-0.3, -0.25) is 9.36 Å². The van der Waals surface area contributed by atoms with Crippen molar-refractivity contribution in [2.24, 2.45) is 0 Å². The van der Waals surface area contributed by atoms with E-state index in [1.165, 1.54) is 17.4 Å². The molecule has 1 saturated heterocycles. The molecular formula is C29H27F3N6O. The molecule has 200 valence electrons. The number of benzene rings is 2. The molecule has 1 aliphatic rings. The Hall–Kier alpha value is -4.56. The van der Waals surface area contributed by atoms with Gasteiger partial charge in [0, 0.05) is 24.5 Å². The Balaban J connectivity index is 1.45. The minimum Gasteiger partial charge on any atom is -0.356 e. The number of nitrogens with one attached hydrogen (secondary N) is 1. The van der Waals surface area contributed by atoms with Crippen molar-refractivity contribution in [2.75, 3.05) is 36.4 Å². The Morgan fingerprint density at radius 3 is 2.51 bits per heavy atom. The topological polar surface area (TPSA) is 66.3 Å². The summed E-state index contributed by atoms with van der Waals surface area (Å²) in [4.78, 5) is 24.8. The first-order chi connectivity index (χ1) is 18.6. The first-order valence-electron chi connectivity index (χ1n) is 12.4. The first kappa shape index (κ1) is 26.1. The van der Waals surface area contributed by atoms with Crippen LogP contribution in [0.15, 0.2) is 78.9 Å². The number of hydrogen-bond acceptors (Lipinski definition) is 6. The van der Waals surface area contributed by atoms with Crippen LogP contribution < -0.4 is 10.2 Å². The average molecular weight is 533 g/mol. The number of carbonyl (C=O) groups excluding carboxylic acids is 1. The molecule has 39 heavy (non-hydrogen) atoms. The summed E-state index contributed by atoms with van der Waals surface area (Å²) in [5.74, 6) is 0.755. The molecule has 10 heteroatoms. The molecule has 2 aromatic carbocycles. The number of hydrogen-bond donors (Lipinski definition) is 1. The minimum absolute atomic E-state index is 0.103. The van der Waals surface area contributed by atoms with E-state index in [1.807, 2.05) is 54.0 Å². The number of rotatable bonds is 6. The third kappa shape index (κ3) is 5.66. The van der Waals surface area contributed by atoms with Crippen molar-refractivity contribution in [1.82, 2.24) is 19.4 Å². The second kappa shape index (κ2) is 10.3. The van der Waals surface area contributed by atoms with Gasteiger partial charge in [-0.25, -0.2) is 9.97 Å². The lowest BCUT2D eigenvalue weighted by atomic mass is 10.1. The van der Waals surface area contributed by atoms with Gasteiger partial charge in [-0.2, -0.15) is 13.2 Å². The number of aryl methyl sites for hydroxylation is 1. The Labute approximate surface area is 223 Å². The second-order valence-electron chi connectivity index (χ2n) is 9.49. The molecule has 1 fully saturated rings. The fourth-order valence-electron chi connectivity index (χ4n) is 4.64. The van der Waals surface area contributed by atoms with E-state index in [2.05, 4.69) is 22.6 Å². The maximum atomic E-state index is 13.0. The monoisotopic (exact) mass is 532 g/mol. The van der Waals surface area contributed by atoms with Gasteiger partial charge in [-0.15, -0.1) is 5.73 Å². The number of aromatic nitrogens is 3. The van der Waals surface area contributed by atoms with E-state index in [0.717, 1.165) is 22.4 Å². The summed E-state index contributed by atoms with van der Waals surface area (Å²) in [6, 6.07) is 17.4. The Bertz CT molecular complexity index is 1590. The van der Waals surface area contributed by atoms with E-state index in [9.17, 15) is 18.0 Å². The number of Topliss-reactive ketones (excluding diaryl/α,β-unsaturated/α-hetero) is 1. The van der Waals surface area contributed by atoms with Crippen LogP contribution in [-0.4, -0.2) is 57.6 Å². The average Bonchev–Trinajstić information content (AvgIpc) is 3.32. The fraction of sp³-hybridized carbons (Fsp3) is 0.241. The molecule has 3 heterocycles. The van der Waals surface area contributed by atoms with Gasteiger partial charge in [0.1, 0.15) is 24.5 Å². The zero-order chi connectivity index (χ0) is 27.7. The maximum Gasteiger partial charge on any atom is 0.405 e. The molecule has 0 aliphatic carbocycles. The van der Waals surface area contributed by atoms with Crippen LogP contribution in [0.5, 0.6) is 0 Å². The van der Waals surface area contributed by atoms with E-state index < -0.39 is 12.7 Å². The van der Waals surface area contributed by atoms with Crippen molar-refractivity contribution < 1.29 is 18.0 Å². The molecule has 5 rings (SSSR count). The van der Waals surface area contributed by atoms with Crippen molar-refractivity contribution in [3.63, 3.8) is 0 Å². The zero-order valence-electron chi connectivity index (χ0n) is 21.6. The number of halogens is 3. The summed E-state index contributed by atoms with van der Waals surface area (Å²) in [5, 5.41) is 3.37. The molecule has 1 N–H and O–H groups in total. The van der Waals surface area contributed by atoms with Crippen LogP contribution in [0.3, 0.4) is 0 Å². The van der Waals surface area contributed by atoms with Gasteiger partial charge in [-0.1, -0.05) is 24.3 Å². The molecule has 7 nitrogen and oxygen atoms in total. The Morgan fingerprint density at radius 2 is 1.82 bits per heavy atom. The highest BCUT2D eigenvalue weighted by Crippen LogP contribution is 2.29. The molecule has 1 aliphatic heterocycles. The van der Waals surface area contributed by atoms with Crippen LogP contribution in [0.2, 0.25) is 0 Å². The normalized spacial score (nSPS) is 14.0. The van der Waals surface area contributed by atoms with Gasteiger partial charge < -0.3 is 15.1 Å². The highest BCUT2D eigenvalue weighted by atomic mass is 19.4. The maximum absolute atomic E-state index is 13.0. The van der Waals surface area contributed by atoms with Crippen molar-refractivity contribution in [2.45, 2.75) is 20.0 Å². The number of alkyl halides is 3. The molecule has 0 atom stereocenters. The lowest BCUT2D eigenvalue weighted by molar-refractivity contribution is -0.142. The minimum atomic E-state index is -4.34. The summed E-state index contributed by atoms with van der Waals surface area (Å²) in [5.41, 5.74) is 7.93. The van der Waals surface area contributed by atoms with E-state index in [-0.39, 0.29) is 25.4 Å². The van der Waals surface area contributed by atoms with Crippen molar-refractivity contribution >= 4 is 34.0 Å². The quantitative estimate of drug-likeness (QED) is 0.242. The third-order valence-electron chi connectivity index (χ3n) is 6.61. The molecule has 0 spiro atoms. The fourth-order valence-corrected chi connectivity index (χ4v) is 4.64. The predicted molar refractivity (Wildman–Crippen MR) is 146 cm³/mol. The molecule has 4 aromatic rings. The van der Waals surface area contributed by atoms with Crippen LogP contribution in [-0.2, 0) is 0 Å². The van der Waals surface area contributed by atoms with Crippen LogP contribution in [0.1, 0.15) is 22.8 Å². The highest BCUT2D eigenvalue weighted by molar-refractivity contribution is 5.99. The molecular weight excluding hydrogens is 505 g/mol. The number of carbonyl (C=O) groups is 1. The summed E-state index contributed by atoms with van der Waals surface area (Å²) >= 11 is 0. The van der Waals surface area contributed by atoms with Gasteiger partial charge in [-0.05, 0) is 56.3 Å². The number of pyridine rings is 1. The molecule has 0 bridgehead atoms. The predicted octanol–water partition coefficient (Wildman–Crippen LogP) is 6.03. The lowest BCUT2D eigenvalue weighted by Crippen LogP contribution is -2.48. The highest BCUT2D eigenvalue weighted by Gasteiger charge is 2.34. The van der Waals surface area contributed by atoms with Gasteiger partial charge in [0.05, 0.1) is 28.8 Å². The smallest absolute Gasteiger partial charge is 0.356 e. The lowest BCUT2D eigenvalue weighted by Gasteiger charge is -2.38. The second-order valence-corrected chi connectivity index (χ2v) is 9.49. The van der Waals surface area contributed by atoms with E-state index in [4.69, 9.17) is 4.98 Å². The summed E-state index contributed by atoms with van der Waals surface area (Å²) < 4.78 is 40.9. The first-order valence-corrected chi connectivity index (χ1v) is 12.4. The SMILES string of the molecule is C=C=C1CN(c2nc(-n3cnc4cc(Nc5ccc(C)cc5)ccc43)ccc2C(C)=O)CCN1CC(F)(F)F. The molecule has 2 aromatic heterocycles. The van der Waals surface area contributed by atoms with Crippen LogP contribution in [0.4, 0.5) is 30.4 Å². The standard InChI is InChI=1S/C29H27F3N6O/c1-4-23-16-36(13-14-37(23)17-29(30,31)32)28-24(20(3)39)10-12-27(35-28)38-18-33-25-15-22(9-11-26(25)38)34-21-7-5-19(2)6-8-21/h5-12,15,18,34H,1,13-14,16-17H2,2-3H3. The van der Waals surface area contributed by atoms with Gasteiger partial charge in [0.25, 0.3) is 0 Å². The summed E-state index contributed by atoms with van der Waals surface area (Å²) in [7, 11) is 0. The Kier molecular flexibility index (Phi) is 6.89. The van der Waals surface area contributed by atoms with E-state index >= 15 is 0 Å². The number of piperazine rings is 1. The molecule has 0 amide bonds. The largest absolute Gasteiger partial charge is 0.405 e. The van der Waals surface area contributed by atoms with Crippen LogP contribution in [0, 0.1) is 6.92 Å². The van der Waals surface area contributed by atoms with Gasteiger partial charge in [0.15, 0.2) is 5.78 Å². The number of fused-ring (bicyclic) bond motifs is 1. The van der Waals surface area contributed by atoms with Crippen molar-refractivity contribution in [3.8, 4) is 5.82 Å². The summed E-state index contributed by atoms with van der Waals surface area (Å²) in [6.45, 7) is 6.45. The van der Waals surface area contributed by atoms with E-state index in [1.54, 1.807) is 23.4 Å². The number of imidazole rings is 1. The van der Waals surface area contributed by atoms with Gasteiger partial charge in [0.2, 0.25) is 0 Å². The molecule has 0 unspecified atom stereocenters. The number of ketones is 1. The zero-order valence-corrected chi connectivity index (χ0v) is 21.6.